The molecule has 0 aliphatic carbocycles. The van der Waals surface area contributed by atoms with Crippen LogP contribution in [-0.2, 0) is 9.53 Å². The van der Waals surface area contributed by atoms with E-state index in [0.717, 1.165) is 18.5 Å². The molecule has 0 saturated heterocycles. The van der Waals surface area contributed by atoms with Crippen LogP contribution in [0.25, 0.3) is 0 Å². The Labute approximate surface area is 77.3 Å². The fourth-order valence-corrected chi connectivity index (χ4v) is 1.29. The molecule has 0 radical (unpaired) electrons. The number of imidazole rings is 1. The number of nitrogens with one attached hydrogen (secondary N) is 1. The molecule has 1 atom stereocenters. The first-order valence-corrected chi connectivity index (χ1v) is 4.35. The van der Waals surface area contributed by atoms with Crippen LogP contribution < -0.4 is 0 Å². The lowest BCUT2D eigenvalue weighted by molar-refractivity contribution is -0.142. The van der Waals surface area contributed by atoms with Crippen molar-refractivity contribution in [3.05, 3.63) is 18.2 Å². The quantitative estimate of drug-likeness (QED) is 0.717. The van der Waals surface area contributed by atoms with Gasteiger partial charge in [-0.05, 0) is 6.42 Å². The molecule has 1 rings (SSSR count). The summed E-state index contributed by atoms with van der Waals surface area (Å²) in [6.07, 6.45) is 4.96. The van der Waals surface area contributed by atoms with Crippen molar-refractivity contribution in [2.75, 3.05) is 7.11 Å². The number of carbonyl (C=O) groups excluding carboxylic acids is 1. The first kappa shape index (κ1) is 9.77. The summed E-state index contributed by atoms with van der Waals surface area (Å²) in [5.74, 6) is -0.399. The van der Waals surface area contributed by atoms with E-state index in [1.807, 2.05) is 6.92 Å². The van der Waals surface area contributed by atoms with E-state index in [1.54, 1.807) is 12.5 Å². The van der Waals surface area contributed by atoms with E-state index in [9.17, 15) is 4.79 Å². The lowest BCUT2D eigenvalue weighted by atomic mass is 10.0. The van der Waals surface area contributed by atoms with E-state index >= 15 is 0 Å². The topological polar surface area (TPSA) is 55.0 Å². The highest BCUT2D eigenvalue weighted by atomic mass is 16.5. The standard InChI is InChI=1S/C9H14N2O2/c1-3-4-7(9(12)13-2)8-5-10-6-11-8/h5-7H,3-4H2,1-2H3,(H,10,11). The Morgan fingerprint density at radius 1 is 1.77 bits per heavy atom. The monoisotopic (exact) mass is 182 g/mol. The summed E-state index contributed by atoms with van der Waals surface area (Å²) >= 11 is 0. The summed E-state index contributed by atoms with van der Waals surface area (Å²) < 4.78 is 4.70. The van der Waals surface area contributed by atoms with Crippen molar-refractivity contribution in [2.24, 2.45) is 0 Å². The number of ether oxygens (including phenoxy) is 1. The molecule has 0 bridgehead atoms. The van der Waals surface area contributed by atoms with Crippen LogP contribution in [0.5, 0.6) is 0 Å². The van der Waals surface area contributed by atoms with Gasteiger partial charge in [0.15, 0.2) is 0 Å². The zero-order valence-corrected chi connectivity index (χ0v) is 7.91. The molecule has 4 nitrogen and oxygen atoms in total. The third-order valence-electron chi connectivity index (χ3n) is 1.96. The van der Waals surface area contributed by atoms with Crippen LogP contribution in [0.1, 0.15) is 31.4 Å². The number of methoxy groups -OCH3 is 1. The van der Waals surface area contributed by atoms with Gasteiger partial charge in [-0.1, -0.05) is 13.3 Å². The third-order valence-corrected chi connectivity index (χ3v) is 1.96. The number of nitrogens with zero attached hydrogens (tertiary/aromatic N) is 1. The SMILES string of the molecule is CCCC(C(=O)OC)c1cnc[nH]1. The molecule has 0 aromatic carbocycles. The Morgan fingerprint density at radius 2 is 2.54 bits per heavy atom. The number of hydrogen-bond donors (Lipinski definition) is 1. The van der Waals surface area contributed by atoms with Gasteiger partial charge in [-0.3, -0.25) is 4.79 Å². The average Bonchev–Trinajstić information content (AvgIpc) is 2.65. The second-order valence-corrected chi connectivity index (χ2v) is 2.87. The maximum atomic E-state index is 11.3. The number of esters is 1. The van der Waals surface area contributed by atoms with Gasteiger partial charge in [0.25, 0.3) is 0 Å². The van der Waals surface area contributed by atoms with E-state index in [-0.39, 0.29) is 11.9 Å². The highest BCUT2D eigenvalue weighted by Crippen LogP contribution is 2.19. The first-order valence-electron chi connectivity index (χ1n) is 4.35. The number of hydrogen-bond acceptors (Lipinski definition) is 3. The zero-order chi connectivity index (χ0) is 9.68. The molecule has 1 heterocycles. The molecule has 1 unspecified atom stereocenters. The molecular formula is C9H14N2O2. The van der Waals surface area contributed by atoms with Gasteiger partial charge in [0, 0.05) is 11.9 Å². The van der Waals surface area contributed by atoms with Crippen LogP contribution in [-0.4, -0.2) is 23.0 Å². The van der Waals surface area contributed by atoms with Gasteiger partial charge in [-0.25, -0.2) is 4.98 Å². The van der Waals surface area contributed by atoms with Crippen molar-refractivity contribution < 1.29 is 9.53 Å². The lowest BCUT2D eigenvalue weighted by Crippen LogP contribution is -2.14. The minimum Gasteiger partial charge on any atom is -0.469 e. The molecule has 0 aliphatic heterocycles. The normalized spacial score (nSPS) is 12.5. The van der Waals surface area contributed by atoms with Crippen LogP contribution in [0.15, 0.2) is 12.5 Å². The lowest BCUT2D eigenvalue weighted by Gasteiger charge is -2.10. The molecule has 0 spiro atoms. The Balaban J connectivity index is 2.74. The van der Waals surface area contributed by atoms with Gasteiger partial charge in [0.1, 0.15) is 0 Å². The van der Waals surface area contributed by atoms with Gasteiger partial charge in [0.2, 0.25) is 0 Å². The summed E-state index contributed by atoms with van der Waals surface area (Å²) in [5.41, 5.74) is 0.828. The van der Waals surface area contributed by atoms with Gasteiger partial charge >= 0.3 is 5.97 Å². The fourth-order valence-electron chi connectivity index (χ4n) is 1.29. The summed E-state index contributed by atoms with van der Waals surface area (Å²) in [6.45, 7) is 2.03. The molecule has 1 aromatic rings. The van der Waals surface area contributed by atoms with Crippen LogP contribution in [0.2, 0.25) is 0 Å². The molecule has 0 amide bonds. The molecule has 1 N–H and O–H groups in total. The number of aromatic amines is 1. The number of rotatable bonds is 4. The summed E-state index contributed by atoms with van der Waals surface area (Å²) in [5, 5.41) is 0. The molecule has 4 heteroatoms. The Hall–Kier alpha value is -1.32. The number of H-pyrrole nitrogens is 1. The van der Waals surface area contributed by atoms with Crippen molar-refractivity contribution in [1.82, 2.24) is 9.97 Å². The number of carbonyl (C=O) groups is 1. The summed E-state index contributed by atoms with van der Waals surface area (Å²) in [6, 6.07) is 0. The highest BCUT2D eigenvalue weighted by Gasteiger charge is 2.21. The Morgan fingerprint density at radius 3 is 3.00 bits per heavy atom. The smallest absolute Gasteiger partial charge is 0.314 e. The number of aromatic nitrogens is 2. The zero-order valence-electron chi connectivity index (χ0n) is 7.91. The maximum Gasteiger partial charge on any atom is 0.314 e. The van der Waals surface area contributed by atoms with Gasteiger partial charge in [-0.15, -0.1) is 0 Å². The minimum atomic E-state index is -0.203. The van der Waals surface area contributed by atoms with Crippen LogP contribution in [0.3, 0.4) is 0 Å². The van der Waals surface area contributed by atoms with E-state index in [4.69, 9.17) is 4.74 Å². The van der Waals surface area contributed by atoms with Crippen LogP contribution in [0, 0.1) is 0 Å². The minimum absolute atomic E-state index is 0.197. The van der Waals surface area contributed by atoms with E-state index < -0.39 is 0 Å². The largest absolute Gasteiger partial charge is 0.469 e. The molecule has 72 valence electrons. The molecule has 1 aromatic heterocycles. The van der Waals surface area contributed by atoms with E-state index in [1.165, 1.54) is 7.11 Å². The van der Waals surface area contributed by atoms with Gasteiger partial charge in [-0.2, -0.15) is 0 Å². The molecule has 0 aliphatic rings. The summed E-state index contributed by atoms with van der Waals surface area (Å²) in [4.78, 5) is 18.1. The predicted octanol–water partition coefficient (Wildman–Crippen LogP) is 1.47. The maximum absolute atomic E-state index is 11.3. The van der Waals surface area contributed by atoms with Crippen LogP contribution >= 0.6 is 0 Å². The molecule has 0 saturated carbocycles. The highest BCUT2D eigenvalue weighted by molar-refractivity contribution is 5.77. The second-order valence-electron chi connectivity index (χ2n) is 2.87. The van der Waals surface area contributed by atoms with Gasteiger partial charge in [0.05, 0.1) is 19.4 Å². The van der Waals surface area contributed by atoms with Crippen molar-refractivity contribution in [3.63, 3.8) is 0 Å². The Kier molecular flexibility index (Phi) is 3.49. The van der Waals surface area contributed by atoms with Crippen molar-refractivity contribution >= 4 is 5.97 Å². The van der Waals surface area contributed by atoms with Crippen molar-refractivity contribution in [1.29, 1.82) is 0 Å². The molecular weight excluding hydrogens is 168 g/mol. The van der Waals surface area contributed by atoms with E-state index in [2.05, 4.69) is 9.97 Å². The summed E-state index contributed by atoms with van der Waals surface area (Å²) in [7, 11) is 1.40. The first-order chi connectivity index (χ1) is 6.29. The van der Waals surface area contributed by atoms with E-state index in [0.29, 0.717) is 0 Å². The Bertz CT molecular complexity index is 257. The van der Waals surface area contributed by atoms with Crippen molar-refractivity contribution in [3.8, 4) is 0 Å². The van der Waals surface area contributed by atoms with Crippen molar-refractivity contribution in [2.45, 2.75) is 25.7 Å². The third kappa shape index (κ3) is 2.31. The average molecular weight is 182 g/mol. The molecule has 13 heavy (non-hydrogen) atoms. The predicted molar refractivity (Wildman–Crippen MR) is 48.3 cm³/mol. The van der Waals surface area contributed by atoms with Crippen LogP contribution in [0.4, 0.5) is 0 Å². The second kappa shape index (κ2) is 4.64. The fraction of sp³-hybridized carbons (Fsp3) is 0.556. The van der Waals surface area contributed by atoms with Gasteiger partial charge < -0.3 is 9.72 Å². The molecule has 0 fully saturated rings.